The zero-order valence-electron chi connectivity index (χ0n) is 7.76. The van der Waals surface area contributed by atoms with E-state index in [0.717, 1.165) is 17.4 Å². The average Bonchev–Trinajstić information content (AvgIpc) is 2.43. The van der Waals surface area contributed by atoms with Crippen molar-refractivity contribution in [1.29, 1.82) is 5.41 Å². The van der Waals surface area contributed by atoms with Crippen LogP contribution in [0.15, 0.2) is 24.8 Å². The minimum atomic E-state index is -0.637. The van der Waals surface area contributed by atoms with Gasteiger partial charge in [0.15, 0.2) is 10.6 Å². The third kappa shape index (κ3) is 1.59. The number of nitrogens with one attached hydrogen (secondary N) is 1. The summed E-state index contributed by atoms with van der Waals surface area (Å²) in [7, 11) is 0. The Balaban J connectivity index is 2.86. The SMILES string of the molecule is C=CCn1c(=N)sc2cc(F)cc(F)c21. The smallest absolute Gasteiger partial charge is 0.183 e. The Hall–Kier alpha value is -1.49. The average molecular weight is 226 g/mol. The fraction of sp³-hybridized carbons (Fsp3) is 0.100. The van der Waals surface area contributed by atoms with Crippen molar-refractivity contribution in [1.82, 2.24) is 4.57 Å². The molecule has 2 nitrogen and oxygen atoms in total. The summed E-state index contributed by atoms with van der Waals surface area (Å²) in [5.41, 5.74) is 0.270. The molecule has 1 aromatic carbocycles. The van der Waals surface area contributed by atoms with Crippen molar-refractivity contribution in [2.24, 2.45) is 0 Å². The van der Waals surface area contributed by atoms with Crippen molar-refractivity contribution in [2.75, 3.05) is 0 Å². The predicted octanol–water partition coefficient (Wildman–Crippen LogP) is 2.65. The van der Waals surface area contributed by atoms with Gasteiger partial charge in [0.2, 0.25) is 0 Å². The second-order valence-corrected chi connectivity index (χ2v) is 4.07. The van der Waals surface area contributed by atoms with Crippen LogP contribution in [0.1, 0.15) is 0 Å². The summed E-state index contributed by atoms with van der Waals surface area (Å²) in [4.78, 5) is 0.189. The van der Waals surface area contributed by atoms with Gasteiger partial charge >= 0.3 is 0 Å². The molecule has 0 spiro atoms. The molecule has 0 aliphatic heterocycles. The Morgan fingerprint density at radius 1 is 1.47 bits per heavy atom. The quantitative estimate of drug-likeness (QED) is 0.763. The van der Waals surface area contributed by atoms with Gasteiger partial charge < -0.3 is 4.57 Å². The zero-order chi connectivity index (χ0) is 11.0. The van der Waals surface area contributed by atoms with Gasteiger partial charge in [-0.15, -0.1) is 6.58 Å². The van der Waals surface area contributed by atoms with Crippen molar-refractivity contribution in [3.63, 3.8) is 0 Å². The van der Waals surface area contributed by atoms with Crippen LogP contribution in [0.5, 0.6) is 0 Å². The highest BCUT2D eigenvalue weighted by Gasteiger charge is 2.10. The Kier molecular flexibility index (Phi) is 2.40. The second-order valence-electron chi connectivity index (χ2n) is 3.04. The van der Waals surface area contributed by atoms with E-state index in [-0.39, 0.29) is 10.3 Å². The molecular formula is C10H8F2N2S. The molecule has 0 aliphatic rings. The molecule has 2 aromatic rings. The van der Waals surface area contributed by atoms with Crippen LogP contribution >= 0.6 is 11.3 Å². The molecule has 1 N–H and O–H groups in total. The van der Waals surface area contributed by atoms with Gasteiger partial charge in [0, 0.05) is 12.6 Å². The third-order valence-electron chi connectivity index (χ3n) is 2.03. The van der Waals surface area contributed by atoms with Crippen molar-refractivity contribution in [2.45, 2.75) is 6.54 Å². The molecule has 0 fully saturated rings. The van der Waals surface area contributed by atoms with Gasteiger partial charge in [-0.25, -0.2) is 8.78 Å². The predicted molar refractivity (Wildman–Crippen MR) is 55.8 cm³/mol. The van der Waals surface area contributed by atoms with Gasteiger partial charge in [-0.05, 0) is 6.07 Å². The van der Waals surface area contributed by atoms with Gasteiger partial charge in [-0.3, -0.25) is 5.41 Å². The summed E-state index contributed by atoms with van der Waals surface area (Å²) in [6, 6.07) is 2.06. The van der Waals surface area contributed by atoms with Crippen LogP contribution in [-0.2, 0) is 6.54 Å². The molecule has 0 amide bonds. The summed E-state index contributed by atoms with van der Waals surface area (Å²) in [5.74, 6) is -1.26. The van der Waals surface area contributed by atoms with E-state index in [1.165, 1.54) is 10.6 Å². The van der Waals surface area contributed by atoms with E-state index in [2.05, 4.69) is 6.58 Å². The first kappa shape index (κ1) is 10.0. The maximum Gasteiger partial charge on any atom is 0.183 e. The number of rotatable bonds is 2. The highest BCUT2D eigenvalue weighted by molar-refractivity contribution is 7.16. The maximum atomic E-state index is 13.5. The zero-order valence-corrected chi connectivity index (χ0v) is 8.57. The minimum absolute atomic E-state index is 0.189. The first-order chi connectivity index (χ1) is 7.13. The summed E-state index contributed by atoms with van der Waals surface area (Å²) >= 11 is 1.05. The summed E-state index contributed by atoms with van der Waals surface area (Å²) in [6.07, 6.45) is 1.58. The lowest BCUT2D eigenvalue weighted by Crippen LogP contribution is -2.12. The van der Waals surface area contributed by atoms with Crippen molar-refractivity contribution in [3.8, 4) is 0 Å². The van der Waals surface area contributed by atoms with Crippen LogP contribution in [-0.4, -0.2) is 4.57 Å². The van der Waals surface area contributed by atoms with Crippen LogP contribution in [0, 0.1) is 17.0 Å². The van der Waals surface area contributed by atoms with Gasteiger partial charge in [0.1, 0.15) is 5.82 Å². The fourth-order valence-corrected chi connectivity index (χ4v) is 2.41. The highest BCUT2D eigenvalue weighted by Crippen LogP contribution is 2.21. The molecule has 0 aliphatic carbocycles. The second kappa shape index (κ2) is 3.58. The number of hydrogen-bond donors (Lipinski definition) is 1. The number of benzene rings is 1. The van der Waals surface area contributed by atoms with E-state index in [4.69, 9.17) is 5.41 Å². The Morgan fingerprint density at radius 2 is 2.20 bits per heavy atom. The van der Waals surface area contributed by atoms with Crippen LogP contribution in [0.2, 0.25) is 0 Å². The molecule has 0 bridgehead atoms. The number of allylic oxidation sites excluding steroid dienone is 1. The van der Waals surface area contributed by atoms with Crippen LogP contribution in [0.25, 0.3) is 10.2 Å². The summed E-state index contributed by atoms with van der Waals surface area (Å²) in [5, 5.41) is 7.61. The van der Waals surface area contributed by atoms with E-state index in [1.807, 2.05) is 0 Å². The topological polar surface area (TPSA) is 28.8 Å². The number of halogens is 2. The number of hydrogen-bond acceptors (Lipinski definition) is 2. The Morgan fingerprint density at radius 3 is 2.87 bits per heavy atom. The molecule has 2 rings (SSSR count). The molecule has 78 valence electrons. The molecule has 15 heavy (non-hydrogen) atoms. The normalized spacial score (nSPS) is 10.8. The largest absolute Gasteiger partial charge is 0.311 e. The lowest BCUT2D eigenvalue weighted by atomic mass is 10.3. The molecule has 1 heterocycles. The van der Waals surface area contributed by atoms with Gasteiger partial charge in [-0.1, -0.05) is 17.4 Å². The Labute approximate surface area is 88.6 Å². The molecular weight excluding hydrogens is 218 g/mol. The Bertz CT molecular complexity index is 583. The van der Waals surface area contributed by atoms with E-state index in [9.17, 15) is 8.78 Å². The van der Waals surface area contributed by atoms with E-state index >= 15 is 0 Å². The lowest BCUT2D eigenvalue weighted by molar-refractivity contribution is 0.586. The van der Waals surface area contributed by atoms with Crippen molar-refractivity contribution < 1.29 is 8.78 Å². The molecule has 0 unspecified atom stereocenters. The number of fused-ring (bicyclic) bond motifs is 1. The molecule has 1 aromatic heterocycles. The van der Waals surface area contributed by atoms with E-state index < -0.39 is 11.6 Å². The third-order valence-corrected chi connectivity index (χ3v) is 2.97. The molecule has 5 heteroatoms. The molecule has 0 atom stereocenters. The molecule has 0 saturated heterocycles. The van der Waals surface area contributed by atoms with Crippen LogP contribution in [0.4, 0.5) is 8.78 Å². The monoisotopic (exact) mass is 226 g/mol. The van der Waals surface area contributed by atoms with Gasteiger partial charge in [-0.2, -0.15) is 0 Å². The number of nitrogens with zero attached hydrogens (tertiary/aromatic N) is 1. The summed E-state index contributed by atoms with van der Waals surface area (Å²) < 4.78 is 28.3. The summed E-state index contributed by atoms with van der Waals surface area (Å²) in [6.45, 7) is 3.88. The van der Waals surface area contributed by atoms with E-state index in [1.54, 1.807) is 6.08 Å². The lowest BCUT2D eigenvalue weighted by Gasteiger charge is -2.01. The van der Waals surface area contributed by atoms with Crippen LogP contribution < -0.4 is 4.80 Å². The first-order valence-corrected chi connectivity index (χ1v) is 5.09. The number of thiazole rings is 1. The van der Waals surface area contributed by atoms with Gasteiger partial charge in [0.25, 0.3) is 0 Å². The van der Waals surface area contributed by atoms with Crippen molar-refractivity contribution in [3.05, 3.63) is 41.2 Å². The van der Waals surface area contributed by atoms with E-state index in [0.29, 0.717) is 11.2 Å². The maximum absolute atomic E-state index is 13.5. The first-order valence-electron chi connectivity index (χ1n) is 4.27. The molecule has 0 saturated carbocycles. The fourth-order valence-electron chi connectivity index (χ4n) is 1.45. The van der Waals surface area contributed by atoms with Gasteiger partial charge in [0.05, 0.1) is 10.2 Å². The van der Waals surface area contributed by atoms with Crippen LogP contribution in [0.3, 0.4) is 0 Å². The van der Waals surface area contributed by atoms with Crippen molar-refractivity contribution >= 4 is 21.6 Å². The highest BCUT2D eigenvalue weighted by atomic mass is 32.1. The standard InChI is InChI=1S/C10H8F2N2S/c1-2-3-14-9-7(12)4-6(11)5-8(9)15-10(14)13/h2,4-5,13H,1,3H2. The molecule has 0 radical (unpaired) electrons. The minimum Gasteiger partial charge on any atom is -0.311 e. The number of aromatic nitrogens is 1.